The lowest BCUT2D eigenvalue weighted by molar-refractivity contribution is -0.142. The average Bonchev–Trinajstić information content (AvgIpc) is 3.15. The van der Waals surface area contributed by atoms with Crippen molar-refractivity contribution < 1.29 is 68.1 Å². The molecule has 1 unspecified atom stereocenters. The Labute approximate surface area is 362 Å². The van der Waals surface area contributed by atoms with Crippen molar-refractivity contribution >= 4 is 53.0 Å². The number of carboxylic acids is 4. The molecule has 346 valence electrons. The van der Waals surface area contributed by atoms with Gasteiger partial charge in [0.1, 0.15) is 5.60 Å². The molecule has 0 bridgehead atoms. The number of alkyl carbamates (subject to hydrolysis) is 1. The maximum atomic E-state index is 12.0. The third kappa shape index (κ3) is 27.3. The first kappa shape index (κ1) is 52.9. The van der Waals surface area contributed by atoms with Gasteiger partial charge in [0.15, 0.2) is 5.11 Å². The molecule has 0 saturated carbocycles. The number of rotatable bonds is 26. The molecule has 1 aliphatic rings. The van der Waals surface area contributed by atoms with E-state index in [1.807, 2.05) is 24.3 Å². The molecule has 1 amide bonds. The van der Waals surface area contributed by atoms with Crippen molar-refractivity contribution in [1.29, 1.82) is 0 Å². The number of hydrogen-bond acceptors (Lipinski definition) is 15. The van der Waals surface area contributed by atoms with E-state index >= 15 is 0 Å². The molecular formula is C39H65N7O14S. The number of hydrogen-bond donors (Lipinski definition) is 7. The SMILES string of the molecule is CC(C)(C)OC(=O)NCCOCCOCCOCCOCCNC(=S)Nc1ccc(CC2CN(CC(=O)O)CCN(CC(=O)O)CCN(CC(=O)O)CCN2CC(=O)O)cc1. The monoisotopic (exact) mass is 887 g/mol. The molecule has 21 nitrogen and oxygen atoms in total. The van der Waals surface area contributed by atoms with Crippen molar-refractivity contribution in [1.82, 2.24) is 30.2 Å². The molecule has 0 aliphatic carbocycles. The molecular weight excluding hydrogens is 823 g/mol. The number of carboxylic acid groups (broad SMARTS) is 4. The van der Waals surface area contributed by atoms with Gasteiger partial charge in [-0.15, -0.1) is 0 Å². The quantitative estimate of drug-likeness (QED) is 0.0478. The molecule has 22 heteroatoms. The number of nitrogens with zero attached hydrogens (tertiary/aromatic N) is 4. The van der Waals surface area contributed by atoms with E-state index in [1.165, 1.54) is 0 Å². The van der Waals surface area contributed by atoms with Crippen LogP contribution in [0.15, 0.2) is 24.3 Å². The molecule has 1 atom stereocenters. The molecule has 1 heterocycles. The zero-order valence-electron chi connectivity index (χ0n) is 35.5. The molecule has 1 fully saturated rings. The second-order valence-electron chi connectivity index (χ2n) is 15.1. The van der Waals surface area contributed by atoms with Crippen molar-refractivity contribution in [2.45, 2.75) is 38.8 Å². The lowest BCUT2D eigenvalue weighted by Gasteiger charge is -2.37. The number of amides is 1. The van der Waals surface area contributed by atoms with Crippen LogP contribution in [-0.4, -0.2) is 225 Å². The molecule has 2 rings (SSSR count). The smallest absolute Gasteiger partial charge is 0.407 e. The minimum atomic E-state index is -1.08. The first-order valence-electron chi connectivity index (χ1n) is 20.2. The van der Waals surface area contributed by atoms with Gasteiger partial charge in [0.05, 0.1) is 79.0 Å². The lowest BCUT2D eigenvalue weighted by atomic mass is 10.0. The lowest BCUT2D eigenvalue weighted by Crippen LogP contribution is -2.53. The Hall–Kier alpha value is -4.26. The highest BCUT2D eigenvalue weighted by Crippen LogP contribution is 2.16. The van der Waals surface area contributed by atoms with E-state index in [1.54, 1.807) is 40.4 Å². The molecule has 0 spiro atoms. The van der Waals surface area contributed by atoms with Crippen molar-refractivity contribution in [3.05, 3.63) is 29.8 Å². The summed E-state index contributed by atoms with van der Waals surface area (Å²) in [5.74, 6) is -4.28. The van der Waals surface area contributed by atoms with Gasteiger partial charge in [0.25, 0.3) is 0 Å². The van der Waals surface area contributed by atoms with Crippen LogP contribution in [0.3, 0.4) is 0 Å². The van der Waals surface area contributed by atoms with Crippen LogP contribution >= 0.6 is 12.2 Å². The van der Waals surface area contributed by atoms with Gasteiger partial charge in [-0.2, -0.15) is 0 Å². The normalized spacial score (nSPS) is 16.5. The summed E-state index contributed by atoms with van der Waals surface area (Å²) in [5.41, 5.74) is 1.00. The number of nitrogens with one attached hydrogen (secondary N) is 3. The molecule has 1 aliphatic heterocycles. The highest BCUT2D eigenvalue weighted by molar-refractivity contribution is 7.80. The van der Waals surface area contributed by atoms with Crippen LogP contribution in [0.4, 0.5) is 10.5 Å². The number of carbonyl (C=O) groups excluding carboxylic acids is 1. The summed E-state index contributed by atoms with van der Waals surface area (Å²) in [6.07, 6.45) is -0.132. The number of anilines is 1. The summed E-state index contributed by atoms with van der Waals surface area (Å²) in [6.45, 7) is 9.47. The molecule has 0 aromatic heterocycles. The summed E-state index contributed by atoms with van der Waals surface area (Å²) in [5, 5.41) is 47.7. The van der Waals surface area contributed by atoms with Crippen LogP contribution in [0, 0.1) is 0 Å². The third-order valence-corrected chi connectivity index (χ3v) is 9.06. The summed E-state index contributed by atoms with van der Waals surface area (Å²) >= 11 is 5.43. The fourth-order valence-corrected chi connectivity index (χ4v) is 6.29. The van der Waals surface area contributed by atoms with Gasteiger partial charge in [0.2, 0.25) is 0 Å². The predicted octanol–water partition coefficient (Wildman–Crippen LogP) is 0.0352. The summed E-state index contributed by atoms with van der Waals surface area (Å²) < 4.78 is 27.1. The topological polar surface area (TPSA) is 261 Å². The summed E-state index contributed by atoms with van der Waals surface area (Å²) in [7, 11) is 0. The van der Waals surface area contributed by atoms with Crippen LogP contribution in [0.25, 0.3) is 0 Å². The van der Waals surface area contributed by atoms with Gasteiger partial charge in [-0.25, -0.2) is 4.79 Å². The van der Waals surface area contributed by atoms with Crippen LogP contribution in [0.2, 0.25) is 0 Å². The largest absolute Gasteiger partial charge is 0.480 e. The number of aliphatic carboxylic acids is 4. The number of carbonyl (C=O) groups is 5. The van der Waals surface area contributed by atoms with Gasteiger partial charge in [0, 0.05) is 70.6 Å². The molecule has 1 aromatic carbocycles. The zero-order chi connectivity index (χ0) is 45.0. The van der Waals surface area contributed by atoms with E-state index < -0.39 is 41.6 Å². The average molecular weight is 888 g/mol. The molecule has 1 aromatic rings. The number of benzene rings is 1. The van der Waals surface area contributed by atoms with E-state index in [2.05, 4.69) is 16.0 Å². The van der Waals surface area contributed by atoms with Crippen molar-refractivity contribution in [2.75, 3.05) is 143 Å². The Kier molecular flexibility index (Phi) is 25.9. The van der Waals surface area contributed by atoms with Gasteiger partial charge >= 0.3 is 30.0 Å². The Morgan fingerprint density at radius 3 is 1.52 bits per heavy atom. The molecule has 1 saturated heterocycles. The number of thiocarbonyl (C=S) groups is 1. The highest BCUT2D eigenvalue weighted by atomic mass is 32.1. The van der Waals surface area contributed by atoms with E-state index in [0.717, 1.165) is 5.56 Å². The minimum Gasteiger partial charge on any atom is -0.480 e. The van der Waals surface area contributed by atoms with E-state index in [4.69, 9.17) is 35.9 Å². The third-order valence-electron chi connectivity index (χ3n) is 8.81. The first-order chi connectivity index (χ1) is 29.0. The Morgan fingerprint density at radius 1 is 0.623 bits per heavy atom. The number of ether oxygens (including phenoxy) is 5. The fraction of sp³-hybridized carbons (Fsp3) is 0.692. The molecule has 0 radical (unpaired) electrons. The van der Waals surface area contributed by atoms with Crippen molar-refractivity contribution in [3.63, 3.8) is 0 Å². The van der Waals surface area contributed by atoms with Crippen molar-refractivity contribution in [3.8, 4) is 0 Å². The molecule has 7 N–H and O–H groups in total. The van der Waals surface area contributed by atoms with Crippen LogP contribution in [-0.2, 0) is 49.3 Å². The Bertz CT molecular complexity index is 1490. The van der Waals surface area contributed by atoms with E-state index in [0.29, 0.717) is 83.2 Å². The van der Waals surface area contributed by atoms with Crippen LogP contribution in [0.1, 0.15) is 26.3 Å². The molecule has 61 heavy (non-hydrogen) atoms. The van der Waals surface area contributed by atoms with Crippen LogP contribution < -0.4 is 16.0 Å². The van der Waals surface area contributed by atoms with E-state index in [-0.39, 0.29) is 72.0 Å². The highest BCUT2D eigenvalue weighted by Gasteiger charge is 2.27. The standard InChI is InChI=1S/C39H65N7O14S/c1-39(2,3)60-38(55)41-9-17-57-19-21-59-23-22-58-20-18-56-16-8-40-37(61)42-31-6-4-30(5-7-31)24-32-25-45(28-35(51)52)13-12-43(26-33(47)48)10-11-44(27-34(49)50)14-15-46(32)29-36(53)54/h4-7,32H,8-29H2,1-3H3,(H,41,55)(H,47,48)(H,49,50)(H,51,52)(H,53,54)(H2,40,42,61). The second kappa shape index (κ2) is 29.9. The maximum Gasteiger partial charge on any atom is 0.407 e. The maximum absolute atomic E-state index is 12.0. The Balaban J connectivity index is 1.79. The summed E-state index contributed by atoms with van der Waals surface area (Å²) in [6, 6.07) is 6.90. The Morgan fingerprint density at radius 2 is 1.05 bits per heavy atom. The van der Waals surface area contributed by atoms with Gasteiger partial charge in [-0.1, -0.05) is 12.1 Å². The first-order valence-corrected chi connectivity index (χ1v) is 20.6. The van der Waals surface area contributed by atoms with Crippen molar-refractivity contribution in [2.24, 2.45) is 0 Å². The van der Waals surface area contributed by atoms with E-state index in [9.17, 15) is 44.4 Å². The predicted molar refractivity (Wildman–Crippen MR) is 227 cm³/mol. The second-order valence-corrected chi connectivity index (χ2v) is 15.6. The summed E-state index contributed by atoms with van der Waals surface area (Å²) in [4.78, 5) is 65.4. The van der Waals surface area contributed by atoms with Gasteiger partial charge in [-0.3, -0.25) is 38.8 Å². The van der Waals surface area contributed by atoms with Crippen LogP contribution in [0.5, 0.6) is 0 Å². The van der Waals surface area contributed by atoms with Gasteiger partial charge < -0.3 is 60.1 Å². The minimum absolute atomic E-state index is 0.173. The van der Waals surface area contributed by atoms with Gasteiger partial charge in [-0.05, 0) is 57.1 Å². The fourth-order valence-electron chi connectivity index (χ4n) is 6.07. The zero-order valence-corrected chi connectivity index (χ0v) is 36.3.